The van der Waals surface area contributed by atoms with Crippen LogP contribution in [0.4, 0.5) is 0 Å². The Balaban J connectivity index is 1.52. The second-order valence-corrected chi connectivity index (χ2v) is 5.24. The van der Waals surface area contributed by atoms with Gasteiger partial charge in [0.25, 0.3) is 0 Å². The molecule has 1 aromatic carbocycles. The molecule has 0 N–H and O–H groups in total. The topological polar surface area (TPSA) is 0 Å². The molecule has 1 saturated carbocycles. The van der Waals surface area contributed by atoms with Crippen LogP contribution in [-0.4, -0.2) is 0 Å². The second kappa shape index (κ2) is 6.73. The van der Waals surface area contributed by atoms with Crippen LogP contribution in [0.3, 0.4) is 0 Å². The first kappa shape index (κ1) is 11.7. The molecule has 0 atom stereocenters. The average molecular weight is 216 g/mol. The summed E-state index contributed by atoms with van der Waals surface area (Å²) in [4.78, 5) is 0. The monoisotopic (exact) mass is 216 g/mol. The first-order chi connectivity index (χ1) is 7.95. The van der Waals surface area contributed by atoms with E-state index in [1.165, 1.54) is 63.4 Å². The third-order valence-electron chi connectivity index (χ3n) is 3.90. The summed E-state index contributed by atoms with van der Waals surface area (Å²) >= 11 is 0. The highest BCUT2D eigenvalue weighted by Gasteiger charge is 2.13. The summed E-state index contributed by atoms with van der Waals surface area (Å²) in [5, 5.41) is 0. The van der Waals surface area contributed by atoms with Gasteiger partial charge in [-0.3, -0.25) is 0 Å². The molecule has 0 aliphatic heterocycles. The fraction of sp³-hybridized carbons (Fsp3) is 0.625. The summed E-state index contributed by atoms with van der Waals surface area (Å²) in [5.41, 5.74) is 1.50. The Morgan fingerprint density at radius 1 is 0.875 bits per heavy atom. The van der Waals surface area contributed by atoms with Gasteiger partial charge in [0, 0.05) is 0 Å². The maximum Gasteiger partial charge on any atom is -0.0279 e. The third kappa shape index (κ3) is 4.00. The molecule has 0 aromatic heterocycles. The molecule has 0 unspecified atom stereocenters. The molecule has 1 aliphatic carbocycles. The minimum absolute atomic E-state index is 1.08. The van der Waals surface area contributed by atoms with Gasteiger partial charge in [-0.25, -0.2) is 0 Å². The Labute approximate surface area is 100 Å². The summed E-state index contributed by atoms with van der Waals surface area (Å²) < 4.78 is 0. The van der Waals surface area contributed by atoms with E-state index in [1.54, 1.807) is 0 Å². The molecule has 88 valence electrons. The zero-order chi connectivity index (χ0) is 11.1. The predicted molar refractivity (Wildman–Crippen MR) is 70.6 cm³/mol. The Kier molecular flexibility index (Phi) is 4.92. The molecule has 1 fully saturated rings. The Morgan fingerprint density at radius 2 is 1.62 bits per heavy atom. The van der Waals surface area contributed by atoms with Crippen LogP contribution in [0, 0.1) is 5.92 Å². The van der Waals surface area contributed by atoms with E-state index in [4.69, 9.17) is 0 Å². The van der Waals surface area contributed by atoms with Crippen LogP contribution < -0.4 is 0 Å². The molecule has 2 rings (SSSR count). The van der Waals surface area contributed by atoms with Gasteiger partial charge in [-0.15, -0.1) is 0 Å². The zero-order valence-corrected chi connectivity index (χ0v) is 10.3. The molecule has 16 heavy (non-hydrogen) atoms. The van der Waals surface area contributed by atoms with Crippen molar-refractivity contribution in [2.24, 2.45) is 5.92 Å². The minimum atomic E-state index is 1.08. The first-order valence-corrected chi connectivity index (χ1v) is 6.99. The van der Waals surface area contributed by atoms with E-state index >= 15 is 0 Å². The lowest BCUT2D eigenvalue weighted by molar-refractivity contribution is 0.468. The van der Waals surface area contributed by atoms with Crippen molar-refractivity contribution >= 4 is 0 Å². The molecule has 0 bridgehead atoms. The molecule has 0 nitrogen and oxygen atoms in total. The van der Waals surface area contributed by atoms with Crippen molar-refractivity contribution in [3.8, 4) is 0 Å². The third-order valence-corrected chi connectivity index (χ3v) is 3.90. The predicted octanol–water partition coefficient (Wildman–Crippen LogP) is 4.98. The Morgan fingerprint density at radius 3 is 2.38 bits per heavy atom. The Hall–Kier alpha value is -0.780. The minimum Gasteiger partial charge on any atom is -0.0622 e. The van der Waals surface area contributed by atoms with Crippen LogP contribution in [0.15, 0.2) is 30.3 Å². The van der Waals surface area contributed by atoms with E-state index in [-0.39, 0.29) is 0 Å². The summed E-state index contributed by atoms with van der Waals surface area (Å²) in [6.07, 6.45) is 13.0. The number of benzene rings is 1. The first-order valence-electron chi connectivity index (χ1n) is 6.99. The maximum atomic E-state index is 2.25. The molecule has 1 aliphatic rings. The summed E-state index contributed by atoms with van der Waals surface area (Å²) in [7, 11) is 0. The fourth-order valence-corrected chi connectivity index (χ4v) is 2.88. The van der Waals surface area contributed by atoms with Crippen molar-refractivity contribution in [2.75, 3.05) is 0 Å². The lowest BCUT2D eigenvalue weighted by atomic mass is 9.98. The van der Waals surface area contributed by atoms with Gasteiger partial charge in [-0.05, 0) is 24.3 Å². The highest BCUT2D eigenvalue weighted by atomic mass is 14.2. The van der Waals surface area contributed by atoms with Gasteiger partial charge in [0.15, 0.2) is 0 Å². The largest absolute Gasteiger partial charge is 0.0622 e. The van der Waals surface area contributed by atoms with E-state index in [0.29, 0.717) is 0 Å². The van der Waals surface area contributed by atoms with Crippen LogP contribution in [0.5, 0.6) is 0 Å². The molecular weight excluding hydrogens is 192 g/mol. The van der Waals surface area contributed by atoms with Crippen molar-refractivity contribution < 1.29 is 0 Å². The Bertz CT molecular complexity index is 269. The number of rotatable bonds is 6. The molecule has 0 heteroatoms. The van der Waals surface area contributed by atoms with Gasteiger partial charge < -0.3 is 0 Å². The van der Waals surface area contributed by atoms with E-state index in [1.807, 2.05) is 0 Å². The maximum absolute atomic E-state index is 2.25. The lowest BCUT2D eigenvalue weighted by Crippen LogP contribution is -1.93. The van der Waals surface area contributed by atoms with Gasteiger partial charge in [0.1, 0.15) is 0 Å². The van der Waals surface area contributed by atoms with Crippen LogP contribution in [0.1, 0.15) is 56.9 Å². The van der Waals surface area contributed by atoms with Crippen LogP contribution in [0.25, 0.3) is 0 Å². The number of unbranched alkanes of at least 4 members (excludes halogenated alkanes) is 2. The van der Waals surface area contributed by atoms with E-state index in [9.17, 15) is 0 Å². The van der Waals surface area contributed by atoms with Gasteiger partial charge in [-0.2, -0.15) is 0 Å². The van der Waals surface area contributed by atoms with Crippen LogP contribution in [0.2, 0.25) is 0 Å². The summed E-state index contributed by atoms with van der Waals surface area (Å²) in [6.45, 7) is 0. The molecule has 0 amide bonds. The molecule has 0 radical (unpaired) electrons. The molecule has 0 heterocycles. The van der Waals surface area contributed by atoms with E-state index < -0.39 is 0 Å². The normalized spacial score (nSPS) is 16.8. The fourth-order valence-electron chi connectivity index (χ4n) is 2.88. The van der Waals surface area contributed by atoms with Gasteiger partial charge in [0.05, 0.1) is 0 Å². The van der Waals surface area contributed by atoms with Gasteiger partial charge >= 0.3 is 0 Å². The average Bonchev–Trinajstić information content (AvgIpc) is 2.83. The molecular formula is C16H24. The highest BCUT2D eigenvalue weighted by Crippen LogP contribution is 2.29. The van der Waals surface area contributed by atoms with Crippen molar-refractivity contribution in [3.05, 3.63) is 35.9 Å². The van der Waals surface area contributed by atoms with Crippen molar-refractivity contribution in [1.82, 2.24) is 0 Å². The van der Waals surface area contributed by atoms with Crippen molar-refractivity contribution in [1.29, 1.82) is 0 Å². The highest BCUT2D eigenvalue weighted by molar-refractivity contribution is 5.14. The van der Waals surface area contributed by atoms with Gasteiger partial charge in [-0.1, -0.05) is 75.3 Å². The van der Waals surface area contributed by atoms with E-state index in [2.05, 4.69) is 30.3 Å². The molecule has 0 spiro atoms. The second-order valence-electron chi connectivity index (χ2n) is 5.24. The number of hydrogen-bond donors (Lipinski definition) is 0. The molecule has 1 aromatic rings. The summed E-state index contributed by atoms with van der Waals surface area (Å²) in [5.74, 6) is 1.08. The van der Waals surface area contributed by atoms with Gasteiger partial charge in [0.2, 0.25) is 0 Å². The lowest BCUT2D eigenvalue weighted by Gasteiger charge is -2.07. The van der Waals surface area contributed by atoms with Crippen LogP contribution >= 0.6 is 0 Å². The van der Waals surface area contributed by atoms with Crippen molar-refractivity contribution in [3.63, 3.8) is 0 Å². The van der Waals surface area contributed by atoms with E-state index in [0.717, 1.165) is 5.92 Å². The quantitative estimate of drug-likeness (QED) is 0.588. The standard InChI is InChI=1S/C16H24/c1-3-9-15(10-4-1)11-5-2-6-12-16-13-7-8-14-16/h1,3-4,9-10,16H,2,5-8,11-14H2. The zero-order valence-electron chi connectivity index (χ0n) is 10.3. The summed E-state index contributed by atoms with van der Waals surface area (Å²) in [6, 6.07) is 10.9. The SMILES string of the molecule is c1ccc(CCCCCC2CCCC2)cc1. The van der Waals surface area contributed by atoms with Crippen LogP contribution in [-0.2, 0) is 6.42 Å². The van der Waals surface area contributed by atoms with Crippen molar-refractivity contribution in [2.45, 2.75) is 57.8 Å². The number of aryl methyl sites for hydroxylation is 1. The smallest absolute Gasteiger partial charge is 0.0279 e. The molecule has 0 saturated heterocycles. The number of hydrogen-bond acceptors (Lipinski definition) is 0.